The average molecular weight is 282 g/mol. The molecule has 2 N–H and O–H groups in total. The molecule has 110 valence electrons. The number of benzene rings is 1. The molecular formula is C14H19FN2O3. The number of amides is 1. The SMILES string of the molecule is COc1ccc(N(C)C(=O)[C@@H]2CC[C@H](CN)O2)cc1F. The number of hydrogen-bond donors (Lipinski definition) is 1. The van der Waals surface area contributed by atoms with E-state index in [9.17, 15) is 9.18 Å². The van der Waals surface area contributed by atoms with Crippen LogP contribution in [0.25, 0.3) is 0 Å². The standard InChI is InChI=1S/C14H19FN2O3/c1-17(9-3-5-12(19-2)11(15)7-9)14(18)13-6-4-10(8-16)20-13/h3,5,7,10,13H,4,6,8,16H2,1-2H3/t10-,13+/m1/s1. The number of carbonyl (C=O) groups excluding carboxylic acids is 1. The molecule has 0 saturated carbocycles. The molecule has 1 fully saturated rings. The highest BCUT2D eigenvalue weighted by molar-refractivity contribution is 5.96. The highest BCUT2D eigenvalue weighted by Crippen LogP contribution is 2.26. The molecule has 1 aromatic carbocycles. The third-order valence-electron chi connectivity index (χ3n) is 3.50. The van der Waals surface area contributed by atoms with E-state index in [1.807, 2.05) is 0 Å². The Bertz CT molecular complexity index is 495. The Balaban J connectivity index is 2.09. The Kier molecular flexibility index (Phi) is 4.57. The van der Waals surface area contributed by atoms with Gasteiger partial charge >= 0.3 is 0 Å². The van der Waals surface area contributed by atoms with Gasteiger partial charge in [-0.15, -0.1) is 0 Å². The van der Waals surface area contributed by atoms with Gasteiger partial charge in [0.2, 0.25) is 0 Å². The van der Waals surface area contributed by atoms with Crippen molar-refractivity contribution in [1.29, 1.82) is 0 Å². The van der Waals surface area contributed by atoms with Crippen LogP contribution >= 0.6 is 0 Å². The predicted molar refractivity (Wildman–Crippen MR) is 73.3 cm³/mol. The van der Waals surface area contributed by atoms with Crippen molar-refractivity contribution in [3.8, 4) is 5.75 Å². The smallest absolute Gasteiger partial charge is 0.255 e. The number of likely N-dealkylation sites (N-methyl/N-ethyl adjacent to an activating group) is 1. The first-order valence-corrected chi connectivity index (χ1v) is 6.53. The quantitative estimate of drug-likeness (QED) is 0.904. The van der Waals surface area contributed by atoms with Crippen molar-refractivity contribution in [2.24, 2.45) is 5.73 Å². The Morgan fingerprint density at radius 1 is 1.55 bits per heavy atom. The first-order valence-electron chi connectivity index (χ1n) is 6.53. The zero-order valence-electron chi connectivity index (χ0n) is 11.6. The van der Waals surface area contributed by atoms with E-state index in [1.165, 1.54) is 24.1 Å². The Morgan fingerprint density at radius 2 is 2.30 bits per heavy atom. The van der Waals surface area contributed by atoms with Gasteiger partial charge in [-0.2, -0.15) is 0 Å². The molecule has 0 aliphatic carbocycles. The summed E-state index contributed by atoms with van der Waals surface area (Å²) in [5.74, 6) is -0.544. The number of rotatable bonds is 4. The van der Waals surface area contributed by atoms with Crippen LogP contribution in [0.3, 0.4) is 0 Å². The lowest BCUT2D eigenvalue weighted by Gasteiger charge is -2.21. The third-order valence-corrected chi connectivity index (χ3v) is 3.50. The topological polar surface area (TPSA) is 64.8 Å². The maximum Gasteiger partial charge on any atom is 0.255 e. The third kappa shape index (κ3) is 2.91. The van der Waals surface area contributed by atoms with E-state index < -0.39 is 11.9 Å². The summed E-state index contributed by atoms with van der Waals surface area (Å²) in [5, 5.41) is 0. The second kappa shape index (κ2) is 6.19. The Morgan fingerprint density at radius 3 is 2.85 bits per heavy atom. The number of nitrogens with zero attached hydrogens (tertiary/aromatic N) is 1. The number of hydrogen-bond acceptors (Lipinski definition) is 4. The van der Waals surface area contributed by atoms with Crippen LogP contribution in [-0.4, -0.2) is 38.8 Å². The highest BCUT2D eigenvalue weighted by Gasteiger charge is 2.32. The molecule has 20 heavy (non-hydrogen) atoms. The van der Waals surface area contributed by atoms with E-state index in [2.05, 4.69) is 0 Å². The zero-order chi connectivity index (χ0) is 14.7. The van der Waals surface area contributed by atoms with Gasteiger partial charge in [-0.1, -0.05) is 0 Å². The highest BCUT2D eigenvalue weighted by atomic mass is 19.1. The van der Waals surface area contributed by atoms with Crippen molar-refractivity contribution >= 4 is 11.6 Å². The van der Waals surface area contributed by atoms with Gasteiger partial charge in [0.05, 0.1) is 13.2 Å². The summed E-state index contributed by atoms with van der Waals surface area (Å²) in [7, 11) is 3.00. The number of carbonyl (C=O) groups is 1. The van der Waals surface area contributed by atoms with E-state index >= 15 is 0 Å². The molecule has 1 saturated heterocycles. The minimum atomic E-state index is -0.503. The molecule has 1 amide bonds. The molecule has 1 heterocycles. The maximum atomic E-state index is 13.7. The fraction of sp³-hybridized carbons (Fsp3) is 0.500. The van der Waals surface area contributed by atoms with Crippen LogP contribution in [0, 0.1) is 5.82 Å². The summed E-state index contributed by atoms with van der Waals surface area (Å²) in [6, 6.07) is 4.40. The summed E-state index contributed by atoms with van der Waals surface area (Å²) in [5.41, 5.74) is 5.99. The van der Waals surface area contributed by atoms with Crippen molar-refractivity contribution in [3.05, 3.63) is 24.0 Å². The molecule has 0 aromatic heterocycles. The first-order chi connectivity index (χ1) is 9.56. The monoisotopic (exact) mass is 282 g/mol. The molecule has 5 nitrogen and oxygen atoms in total. The lowest BCUT2D eigenvalue weighted by molar-refractivity contribution is -0.128. The van der Waals surface area contributed by atoms with E-state index in [1.54, 1.807) is 13.1 Å². The lowest BCUT2D eigenvalue weighted by atomic mass is 10.1. The van der Waals surface area contributed by atoms with Crippen molar-refractivity contribution in [2.45, 2.75) is 25.0 Å². The van der Waals surface area contributed by atoms with E-state index in [0.29, 0.717) is 18.7 Å². The van der Waals surface area contributed by atoms with Gasteiger partial charge in [0.25, 0.3) is 5.91 Å². The number of anilines is 1. The normalized spacial score (nSPS) is 21.8. The summed E-state index contributed by atoms with van der Waals surface area (Å²) in [6.45, 7) is 0.407. The minimum absolute atomic E-state index is 0.0649. The maximum absolute atomic E-state index is 13.7. The largest absolute Gasteiger partial charge is 0.494 e. The molecule has 0 radical (unpaired) electrons. The molecule has 0 spiro atoms. The fourth-order valence-corrected chi connectivity index (χ4v) is 2.27. The molecule has 6 heteroatoms. The molecule has 0 bridgehead atoms. The number of ether oxygens (including phenoxy) is 2. The van der Waals surface area contributed by atoms with Gasteiger partial charge in [-0.3, -0.25) is 4.79 Å². The van der Waals surface area contributed by atoms with E-state index in [4.69, 9.17) is 15.2 Å². The fourth-order valence-electron chi connectivity index (χ4n) is 2.27. The summed E-state index contributed by atoms with van der Waals surface area (Å²) >= 11 is 0. The zero-order valence-corrected chi connectivity index (χ0v) is 11.6. The van der Waals surface area contributed by atoms with Crippen LogP contribution in [0.2, 0.25) is 0 Å². The summed E-state index contributed by atoms with van der Waals surface area (Å²) in [4.78, 5) is 13.7. The lowest BCUT2D eigenvalue weighted by Crippen LogP contribution is -2.37. The molecule has 1 aliphatic heterocycles. The summed E-state index contributed by atoms with van der Waals surface area (Å²) < 4.78 is 24.1. The van der Waals surface area contributed by atoms with E-state index in [0.717, 1.165) is 6.42 Å². The van der Waals surface area contributed by atoms with Crippen LogP contribution in [0.1, 0.15) is 12.8 Å². The second-order valence-electron chi connectivity index (χ2n) is 4.78. The van der Waals surface area contributed by atoms with Crippen LogP contribution < -0.4 is 15.4 Å². The van der Waals surface area contributed by atoms with Gasteiger partial charge < -0.3 is 20.1 Å². The first kappa shape index (κ1) is 14.7. The predicted octanol–water partition coefficient (Wildman–Crippen LogP) is 1.30. The van der Waals surface area contributed by atoms with Gasteiger partial charge in [0.1, 0.15) is 6.10 Å². The number of halogens is 1. The summed E-state index contributed by atoms with van der Waals surface area (Å²) in [6.07, 6.45) is 0.852. The van der Waals surface area contributed by atoms with Crippen LogP contribution in [0.5, 0.6) is 5.75 Å². The van der Waals surface area contributed by atoms with Crippen molar-refractivity contribution in [1.82, 2.24) is 0 Å². The molecular weight excluding hydrogens is 263 g/mol. The molecule has 1 aromatic rings. The van der Waals surface area contributed by atoms with E-state index in [-0.39, 0.29) is 17.8 Å². The number of methoxy groups -OCH3 is 1. The number of nitrogens with two attached hydrogens (primary N) is 1. The molecule has 2 rings (SSSR count). The van der Waals surface area contributed by atoms with Crippen molar-refractivity contribution < 1.29 is 18.7 Å². The molecule has 2 atom stereocenters. The second-order valence-corrected chi connectivity index (χ2v) is 4.78. The van der Waals surface area contributed by atoms with Crippen molar-refractivity contribution in [2.75, 3.05) is 25.6 Å². The van der Waals surface area contributed by atoms with Crippen LogP contribution in [0.4, 0.5) is 10.1 Å². The van der Waals surface area contributed by atoms with Gasteiger partial charge in [-0.05, 0) is 25.0 Å². The average Bonchev–Trinajstić information content (AvgIpc) is 2.94. The van der Waals surface area contributed by atoms with Gasteiger partial charge in [-0.25, -0.2) is 4.39 Å². The molecule has 1 aliphatic rings. The van der Waals surface area contributed by atoms with Crippen molar-refractivity contribution in [3.63, 3.8) is 0 Å². The Hall–Kier alpha value is -1.66. The van der Waals surface area contributed by atoms with Gasteiger partial charge in [0.15, 0.2) is 11.6 Å². The van der Waals surface area contributed by atoms with Crippen LogP contribution in [-0.2, 0) is 9.53 Å². The minimum Gasteiger partial charge on any atom is -0.494 e. The van der Waals surface area contributed by atoms with Crippen LogP contribution in [0.15, 0.2) is 18.2 Å². The molecule has 0 unspecified atom stereocenters. The Labute approximate surface area is 117 Å². The van der Waals surface area contributed by atoms with Gasteiger partial charge in [0, 0.05) is 25.3 Å².